The number of amides is 1. The van der Waals surface area contributed by atoms with E-state index in [0.717, 1.165) is 12.8 Å². The zero-order chi connectivity index (χ0) is 19.7. The average Bonchev–Trinajstić information content (AvgIpc) is 3.21. The van der Waals surface area contributed by atoms with Gasteiger partial charge in [-0.2, -0.15) is 0 Å². The maximum atomic E-state index is 12.2. The first-order chi connectivity index (χ1) is 12.9. The number of aliphatic hydroxyl groups is 2. The fraction of sp³-hybridized carbons (Fsp3) is 0.647. The molecule has 3 heterocycles. The summed E-state index contributed by atoms with van der Waals surface area (Å²) >= 11 is 0. The van der Waals surface area contributed by atoms with E-state index in [2.05, 4.69) is 34.1 Å². The summed E-state index contributed by atoms with van der Waals surface area (Å²) in [4.78, 5) is 26.4. The number of nitrogens with one attached hydrogen (secondary N) is 1. The number of nitrogens with zero attached hydrogens (tertiary/aromatic N) is 5. The molecule has 0 aromatic carbocycles. The van der Waals surface area contributed by atoms with Crippen molar-refractivity contribution in [1.29, 1.82) is 0 Å². The minimum Gasteiger partial charge on any atom is -0.387 e. The van der Waals surface area contributed by atoms with Gasteiger partial charge in [-0.25, -0.2) is 15.0 Å². The van der Waals surface area contributed by atoms with E-state index < -0.39 is 30.4 Å². The highest BCUT2D eigenvalue weighted by atomic mass is 16.6. The summed E-state index contributed by atoms with van der Waals surface area (Å²) in [7, 11) is 3.13. The van der Waals surface area contributed by atoms with Crippen LogP contribution in [0.3, 0.4) is 0 Å². The summed E-state index contributed by atoms with van der Waals surface area (Å²) in [6.07, 6.45) is -0.00263. The van der Waals surface area contributed by atoms with E-state index in [-0.39, 0.29) is 6.04 Å². The van der Waals surface area contributed by atoms with Crippen molar-refractivity contribution in [2.45, 2.75) is 57.3 Å². The molecule has 27 heavy (non-hydrogen) atoms. The van der Waals surface area contributed by atoms with E-state index >= 15 is 0 Å². The fourth-order valence-electron chi connectivity index (χ4n) is 3.18. The number of fused-ring (bicyclic) bond motifs is 1. The number of imidazole rings is 1. The number of hydrogen-bond donors (Lipinski definition) is 3. The molecule has 0 spiro atoms. The van der Waals surface area contributed by atoms with E-state index in [1.165, 1.54) is 22.1 Å². The van der Waals surface area contributed by atoms with E-state index in [1.807, 2.05) is 0 Å². The van der Waals surface area contributed by atoms with E-state index in [1.54, 1.807) is 14.1 Å². The van der Waals surface area contributed by atoms with Gasteiger partial charge in [0.1, 0.15) is 18.5 Å². The molecular formula is C17H26N6O4. The Morgan fingerprint density at radius 2 is 1.96 bits per heavy atom. The van der Waals surface area contributed by atoms with Crippen molar-refractivity contribution in [3.8, 4) is 0 Å². The zero-order valence-electron chi connectivity index (χ0n) is 15.9. The lowest BCUT2D eigenvalue weighted by Crippen LogP contribution is -2.42. The highest BCUT2D eigenvalue weighted by molar-refractivity contribution is 5.83. The Morgan fingerprint density at radius 1 is 1.26 bits per heavy atom. The summed E-state index contributed by atoms with van der Waals surface area (Å²) in [6.45, 7) is 4.17. The second-order valence-corrected chi connectivity index (χ2v) is 6.87. The number of aromatic nitrogens is 4. The fourth-order valence-corrected chi connectivity index (χ4v) is 3.18. The largest absolute Gasteiger partial charge is 0.387 e. The minimum atomic E-state index is -1.34. The molecule has 1 aliphatic rings. The lowest BCUT2D eigenvalue weighted by molar-refractivity contribution is -0.145. The topological polar surface area (TPSA) is 126 Å². The monoisotopic (exact) mass is 378 g/mol. The lowest BCUT2D eigenvalue weighted by atomic mass is 10.1. The van der Waals surface area contributed by atoms with Gasteiger partial charge in [0.05, 0.1) is 6.33 Å². The van der Waals surface area contributed by atoms with Crippen LogP contribution in [0.1, 0.15) is 32.9 Å². The second kappa shape index (κ2) is 7.75. The summed E-state index contributed by atoms with van der Waals surface area (Å²) in [5.41, 5.74) is 0.990. The SMILES string of the molecule is CCC(CC)Nc1ncnc2c1ncn2C1OC(C(=O)N(C)C)C(O)C1O. The van der Waals surface area contributed by atoms with Gasteiger partial charge in [-0.15, -0.1) is 0 Å². The standard InChI is InChI=1S/C17H26N6O4/c1-5-9(6-2)21-14-10-15(19-7-18-14)23(8-20-10)17-12(25)11(24)13(27-17)16(26)22(3)4/h7-9,11-13,17,24-25H,5-6H2,1-4H3,(H,18,19,21). The Bertz CT molecular complexity index is 806. The van der Waals surface area contributed by atoms with Gasteiger partial charge in [0.25, 0.3) is 5.91 Å². The first-order valence-corrected chi connectivity index (χ1v) is 9.05. The van der Waals surface area contributed by atoms with Crippen LogP contribution in [0.5, 0.6) is 0 Å². The molecule has 3 N–H and O–H groups in total. The summed E-state index contributed by atoms with van der Waals surface area (Å²) in [5, 5.41) is 24.0. The molecule has 2 aromatic heterocycles. The molecule has 10 heteroatoms. The minimum absolute atomic E-state index is 0.255. The van der Waals surface area contributed by atoms with Gasteiger partial charge in [-0.1, -0.05) is 13.8 Å². The molecule has 1 aliphatic heterocycles. The number of rotatable bonds is 6. The predicted octanol–water partition coefficient (Wildman–Crippen LogP) is 0.134. The molecule has 1 fully saturated rings. The van der Waals surface area contributed by atoms with E-state index in [0.29, 0.717) is 17.0 Å². The van der Waals surface area contributed by atoms with E-state index in [9.17, 15) is 15.0 Å². The van der Waals surface area contributed by atoms with Crippen LogP contribution < -0.4 is 5.32 Å². The van der Waals surface area contributed by atoms with Crippen LogP contribution in [0.15, 0.2) is 12.7 Å². The van der Waals surface area contributed by atoms with Crippen LogP contribution in [0, 0.1) is 0 Å². The normalized spacial score (nSPS) is 25.3. The molecule has 1 amide bonds. The molecule has 4 atom stereocenters. The van der Waals surface area contributed by atoms with Gasteiger partial charge in [-0.3, -0.25) is 9.36 Å². The van der Waals surface area contributed by atoms with Gasteiger partial charge in [0, 0.05) is 20.1 Å². The van der Waals surface area contributed by atoms with Gasteiger partial charge in [-0.05, 0) is 12.8 Å². The smallest absolute Gasteiger partial charge is 0.254 e. The number of anilines is 1. The van der Waals surface area contributed by atoms with Crippen LogP contribution >= 0.6 is 0 Å². The second-order valence-electron chi connectivity index (χ2n) is 6.87. The Hall–Kier alpha value is -2.30. The quantitative estimate of drug-likeness (QED) is 0.648. The maximum Gasteiger partial charge on any atom is 0.254 e. The molecule has 10 nitrogen and oxygen atoms in total. The number of carbonyl (C=O) groups excluding carboxylic acids is 1. The number of carbonyl (C=O) groups is 1. The molecule has 0 radical (unpaired) electrons. The summed E-state index contributed by atoms with van der Waals surface area (Å²) in [6, 6.07) is 0.255. The molecule has 0 aliphatic carbocycles. The summed E-state index contributed by atoms with van der Waals surface area (Å²) < 4.78 is 7.20. The number of aliphatic hydroxyl groups excluding tert-OH is 2. The van der Waals surface area contributed by atoms with Crippen LogP contribution in [0.2, 0.25) is 0 Å². The van der Waals surface area contributed by atoms with Crippen molar-refractivity contribution >= 4 is 22.9 Å². The molecule has 2 aromatic rings. The van der Waals surface area contributed by atoms with Crippen molar-refractivity contribution in [2.24, 2.45) is 0 Å². The van der Waals surface area contributed by atoms with E-state index in [4.69, 9.17) is 4.74 Å². The van der Waals surface area contributed by atoms with Crippen molar-refractivity contribution < 1.29 is 19.7 Å². The highest BCUT2D eigenvalue weighted by Crippen LogP contribution is 2.33. The van der Waals surface area contributed by atoms with Crippen LogP contribution in [-0.4, -0.2) is 79.0 Å². The molecule has 4 unspecified atom stereocenters. The van der Waals surface area contributed by atoms with Crippen molar-refractivity contribution in [1.82, 2.24) is 24.4 Å². The molecule has 3 rings (SSSR count). The number of hydrogen-bond acceptors (Lipinski definition) is 8. The third kappa shape index (κ3) is 3.47. The Labute approximate surface area is 157 Å². The third-order valence-electron chi connectivity index (χ3n) is 4.88. The lowest BCUT2D eigenvalue weighted by Gasteiger charge is -2.18. The van der Waals surface area contributed by atoms with Gasteiger partial charge < -0.3 is 25.2 Å². The zero-order valence-corrected chi connectivity index (χ0v) is 15.9. The molecule has 148 valence electrons. The molecule has 1 saturated heterocycles. The molecule has 0 bridgehead atoms. The number of likely N-dealkylation sites (N-methyl/N-ethyl adjacent to an activating group) is 1. The third-order valence-corrected chi connectivity index (χ3v) is 4.88. The van der Waals surface area contributed by atoms with Gasteiger partial charge in [0.15, 0.2) is 29.3 Å². The predicted molar refractivity (Wildman–Crippen MR) is 97.9 cm³/mol. The van der Waals surface area contributed by atoms with Gasteiger partial charge >= 0.3 is 0 Å². The average molecular weight is 378 g/mol. The maximum absolute atomic E-state index is 12.2. The Morgan fingerprint density at radius 3 is 2.59 bits per heavy atom. The van der Waals surface area contributed by atoms with Crippen molar-refractivity contribution in [2.75, 3.05) is 19.4 Å². The van der Waals surface area contributed by atoms with Crippen LogP contribution in [0.25, 0.3) is 11.2 Å². The molecule has 0 saturated carbocycles. The Balaban J connectivity index is 1.93. The van der Waals surface area contributed by atoms with Crippen molar-refractivity contribution in [3.63, 3.8) is 0 Å². The van der Waals surface area contributed by atoms with Crippen molar-refractivity contribution in [3.05, 3.63) is 12.7 Å². The number of ether oxygens (including phenoxy) is 1. The van der Waals surface area contributed by atoms with Gasteiger partial charge in [0.2, 0.25) is 0 Å². The highest BCUT2D eigenvalue weighted by Gasteiger charge is 2.48. The first kappa shape index (κ1) is 19.5. The Kier molecular flexibility index (Phi) is 5.59. The van der Waals surface area contributed by atoms with Crippen LogP contribution in [0.4, 0.5) is 5.82 Å². The van der Waals surface area contributed by atoms with Crippen LogP contribution in [-0.2, 0) is 9.53 Å². The first-order valence-electron chi connectivity index (χ1n) is 9.05. The summed E-state index contributed by atoms with van der Waals surface area (Å²) in [5.74, 6) is 0.181. The molecular weight excluding hydrogens is 352 g/mol.